The molecule has 0 bridgehead atoms. The fourth-order valence-electron chi connectivity index (χ4n) is 21.2. The first kappa shape index (κ1) is 75.3. The average molecular weight is 1650 g/mol. The highest BCUT2D eigenvalue weighted by molar-refractivity contribution is 6.32. The van der Waals surface area contributed by atoms with Crippen molar-refractivity contribution in [3.05, 3.63) is 435 Å². The highest BCUT2D eigenvalue weighted by Gasteiger charge is 2.26. The summed E-state index contributed by atoms with van der Waals surface area (Å²) < 4.78 is 19.0. The molecule has 3 heteroatoms. The molecule has 27 aromatic rings. The van der Waals surface area contributed by atoms with Gasteiger partial charge in [0.2, 0.25) is 0 Å². The summed E-state index contributed by atoms with van der Waals surface area (Å²) in [5, 5.41) is 30.4. The van der Waals surface area contributed by atoms with Gasteiger partial charge in [0.05, 0.1) is 0 Å². The zero-order chi connectivity index (χ0) is 85.9. The largest absolute Gasteiger partial charge is 0.456 e. The summed E-state index contributed by atoms with van der Waals surface area (Å²) in [6.45, 7) is 11.2. The quantitative estimate of drug-likeness (QED) is 0.135. The van der Waals surface area contributed by atoms with Crippen molar-refractivity contribution in [2.45, 2.75) is 40.0 Å². The van der Waals surface area contributed by atoms with Crippen molar-refractivity contribution in [2.24, 2.45) is 0 Å². The Morgan fingerprint density at radius 1 is 0.163 bits per heavy atom. The highest BCUT2D eigenvalue weighted by atomic mass is 16.3. The first-order valence-corrected chi connectivity index (χ1v) is 44.8. The predicted octanol–water partition coefficient (Wildman–Crippen LogP) is 36.4. The predicted molar refractivity (Wildman–Crippen MR) is 549 cm³/mol. The molecule has 0 saturated carbocycles. The molecule has 0 spiro atoms. The number of hydrogen-bond donors (Lipinski definition) is 0. The zero-order valence-electron chi connectivity index (χ0n) is 72.1. The normalized spacial score (nSPS) is 12.1. The van der Waals surface area contributed by atoms with E-state index in [1.54, 1.807) is 0 Å². The van der Waals surface area contributed by atoms with E-state index in [4.69, 9.17) is 13.3 Å². The van der Waals surface area contributed by atoms with Gasteiger partial charge in [0.15, 0.2) is 0 Å². The topological polar surface area (TPSA) is 39.4 Å². The number of para-hydroxylation sites is 4. The third-order valence-corrected chi connectivity index (χ3v) is 27.4. The van der Waals surface area contributed by atoms with E-state index in [-0.39, 0.29) is 5.41 Å². The van der Waals surface area contributed by atoms with Crippen molar-refractivity contribution in [3.63, 3.8) is 0 Å². The SMILES string of the molecule is CC(C)(C)c1cc2ccc3c(-c4ccccc4)cc(-c4ccccc4-c4cccc5c4oc4ccccc45)c4ccc(c1)c2c34.Cc1ccc(-c2ccc3ccc4c(-c5cccc(-c6cccc7oc8ccccc8c67)c5)ccc5ccc2c3c54)cc1.Cc1ccc(-c2ccc3ccc4c(-c5ccccc5-c5cccc6oc7ccccc7c56)ccc5ccc2c3c54)cc1. The molecule has 606 valence electrons. The third-order valence-electron chi connectivity index (χ3n) is 27.4. The molecule has 0 radical (unpaired) electrons. The van der Waals surface area contributed by atoms with Crippen LogP contribution in [0.15, 0.2) is 432 Å². The van der Waals surface area contributed by atoms with Gasteiger partial charge < -0.3 is 13.3 Å². The molecule has 3 nitrogen and oxygen atoms in total. The Hall–Kier alpha value is -16.2. The average Bonchev–Trinajstić information content (AvgIpc) is 1.55. The smallest absolute Gasteiger partial charge is 0.143 e. The van der Waals surface area contributed by atoms with Crippen molar-refractivity contribution >= 4 is 163 Å². The zero-order valence-corrected chi connectivity index (χ0v) is 72.1. The molecule has 0 atom stereocenters. The number of fused-ring (bicyclic) bond motifs is 9. The number of furan rings is 3. The second kappa shape index (κ2) is 29.7. The lowest BCUT2D eigenvalue weighted by atomic mass is 9.81. The van der Waals surface area contributed by atoms with Crippen molar-refractivity contribution in [2.75, 3.05) is 0 Å². The molecule has 27 rings (SSSR count). The van der Waals surface area contributed by atoms with E-state index < -0.39 is 0 Å². The monoisotopic (exact) mass is 1640 g/mol. The van der Waals surface area contributed by atoms with Gasteiger partial charge in [-0.3, -0.25) is 0 Å². The summed E-state index contributed by atoms with van der Waals surface area (Å²) in [6.07, 6.45) is 0. The van der Waals surface area contributed by atoms with Gasteiger partial charge in [-0.25, -0.2) is 0 Å². The fourth-order valence-corrected chi connectivity index (χ4v) is 21.2. The van der Waals surface area contributed by atoms with E-state index >= 15 is 0 Å². The molecule has 0 saturated heterocycles. The fraction of sp³-hybridized carbons (Fsp3) is 0.0476. The summed E-state index contributed by atoms with van der Waals surface area (Å²) in [5.41, 5.74) is 31.5. The van der Waals surface area contributed by atoms with Gasteiger partial charge in [0.1, 0.15) is 33.5 Å². The summed E-state index contributed by atoms with van der Waals surface area (Å²) in [4.78, 5) is 0. The maximum absolute atomic E-state index is 6.54. The third kappa shape index (κ3) is 12.3. The van der Waals surface area contributed by atoms with Gasteiger partial charge in [-0.1, -0.05) is 408 Å². The summed E-state index contributed by atoms with van der Waals surface area (Å²) in [7, 11) is 0. The first-order valence-electron chi connectivity index (χ1n) is 44.8. The molecule has 3 heterocycles. The summed E-state index contributed by atoms with van der Waals surface area (Å²) in [6, 6.07) is 153. The standard InChI is InChI=1S/C44H32O.2C41H26O/c1-44(2,3)30-24-28-20-22-34-38(27-12-5-4-6-13-27)26-39(35-23-21-29(25-30)41(28)42(34)35)32-15-8-7-14-31(32)36-17-11-18-37-33-16-9-10-19-40(33)45-43(36)37;1-25-12-14-26(15-13-25)31-20-16-27-19-23-35-32(21-17-28-18-22-34(31)39(27)40(28)35)29-6-4-7-30(24-29)33-9-5-11-38-41(33)36-8-2-3-10-37(36)42-38;1-25-13-15-26(16-14-25)29-21-17-27-20-24-35-32(22-18-28-19-23-34(29)39(27)40(28)35)30-7-2-3-8-31(30)33-10-6-12-38-41(33)36-9-4-5-11-37(36)42-38/h4-26H,1-3H3;2*2-24H,1H3. The Morgan fingerprint density at radius 3 is 1.02 bits per heavy atom. The Morgan fingerprint density at radius 2 is 0.496 bits per heavy atom. The van der Waals surface area contributed by atoms with Gasteiger partial charge in [-0.2, -0.15) is 0 Å². The van der Waals surface area contributed by atoms with Crippen molar-refractivity contribution in [1.82, 2.24) is 0 Å². The second-order valence-corrected chi connectivity index (χ2v) is 36.0. The Bertz CT molecular complexity index is 9140. The van der Waals surface area contributed by atoms with E-state index in [2.05, 4.69) is 429 Å². The lowest BCUT2D eigenvalue weighted by molar-refractivity contribution is 0.591. The van der Waals surface area contributed by atoms with E-state index in [0.29, 0.717) is 0 Å². The minimum Gasteiger partial charge on any atom is -0.456 e. The first-order chi connectivity index (χ1) is 63.4. The highest BCUT2D eigenvalue weighted by Crippen LogP contribution is 2.52. The van der Waals surface area contributed by atoms with E-state index in [1.807, 2.05) is 24.3 Å². The molecular formula is C126H84O3. The van der Waals surface area contributed by atoms with Gasteiger partial charge in [-0.05, 0) is 259 Å². The Labute approximate surface area is 746 Å². The van der Waals surface area contributed by atoms with Crippen LogP contribution in [-0.4, -0.2) is 0 Å². The van der Waals surface area contributed by atoms with Crippen molar-refractivity contribution in [1.29, 1.82) is 0 Å². The van der Waals surface area contributed by atoms with Crippen LogP contribution < -0.4 is 0 Å². The number of benzene rings is 24. The minimum atomic E-state index is 0.0709. The van der Waals surface area contributed by atoms with Crippen LogP contribution in [-0.2, 0) is 5.41 Å². The molecule has 0 aliphatic heterocycles. The van der Waals surface area contributed by atoms with Crippen LogP contribution in [0, 0.1) is 13.8 Å². The Balaban J connectivity index is 0.000000105. The summed E-state index contributed by atoms with van der Waals surface area (Å²) >= 11 is 0. The molecule has 3 aromatic heterocycles. The molecular weight excluding hydrogens is 1560 g/mol. The van der Waals surface area contributed by atoms with Crippen LogP contribution >= 0.6 is 0 Å². The van der Waals surface area contributed by atoms with Crippen LogP contribution in [0.25, 0.3) is 263 Å². The van der Waals surface area contributed by atoms with Crippen molar-refractivity contribution in [3.8, 4) is 100 Å². The lowest BCUT2D eigenvalue weighted by Gasteiger charge is -2.23. The molecule has 0 amide bonds. The Kier molecular flexibility index (Phi) is 17.4. The summed E-state index contributed by atoms with van der Waals surface area (Å²) in [5.74, 6) is 0. The van der Waals surface area contributed by atoms with Gasteiger partial charge in [0, 0.05) is 37.9 Å². The van der Waals surface area contributed by atoms with E-state index in [9.17, 15) is 0 Å². The van der Waals surface area contributed by atoms with Crippen LogP contribution in [0.4, 0.5) is 0 Å². The molecule has 0 aliphatic carbocycles. The van der Waals surface area contributed by atoms with Gasteiger partial charge in [0.25, 0.3) is 0 Å². The number of aryl methyl sites for hydroxylation is 2. The minimum absolute atomic E-state index is 0.0709. The van der Waals surface area contributed by atoms with Crippen LogP contribution in [0.1, 0.15) is 37.5 Å². The molecule has 0 N–H and O–H groups in total. The van der Waals surface area contributed by atoms with Gasteiger partial charge in [-0.15, -0.1) is 0 Å². The van der Waals surface area contributed by atoms with Gasteiger partial charge >= 0.3 is 0 Å². The second-order valence-electron chi connectivity index (χ2n) is 36.0. The van der Waals surface area contributed by atoms with E-state index in [1.165, 1.54) is 219 Å². The maximum Gasteiger partial charge on any atom is 0.143 e. The van der Waals surface area contributed by atoms with Crippen LogP contribution in [0.5, 0.6) is 0 Å². The number of hydrogen-bond acceptors (Lipinski definition) is 3. The molecule has 24 aromatic carbocycles. The molecule has 0 fully saturated rings. The number of rotatable bonds is 9. The lowest BCUT2D eigenvalue weighted by Crippen LogP contribution is -2.10. The molecule has 0 aliphatic rings. The van der Waals surface area contributed by atoms with Crippen LogP contribution in [0.3, 0.4) is 0 Å². The van der Waals surface area contributed by atoms with Crippen LogP contribution in [0.2, 0.25) is 0 Å². The maximum atomic E-state index is 6.54. The van der Waals surface area contributed by atoms with E-state index in [0.717, 1.165) is 60.6 Å². The van der Waals surface area contributed by atoms with Crippen molar-refractivity contribution < 1.29 is 13.3 Å². The molecule has 0 unspecified atom stereocenters. The molecule has 129 heavy (non-hydrogen) atoms.